The van der Waals surface area contributed by atoms with Gasteiger partial charge < -0.3 is 4.74 Å². The Hall–Kier alpha value is -2.29. The minimum absolute atomic E-state index is 0.0265. The molecule has 0 aliphatic carbocycles. The number of carbonyl (C=O) groups is 3. The molecule has 1 fully saturated rings. The maximum absolute atomic E-state index is 12.5. The topological polar surface area (TPSA) is 63.7 Å². The highest BCUT2D eigenvalue weighted by atomic mass is 32.2. The van der Waals surface area contributed by atoms with Crippen molar-refractivity contribution in [2.45, 2.75) is 6.18 Å². The van der Waals surface area contributed by atoms with Crippen molar-refractivity contribution >= 4 is 35.0 Å². The van der Waals surface area contributed by atoms with Crippen LogP contribution in [0.15, 0.2) is 29.2 Å². The van der Waals surface area contributed by atoms with Gasteiger partial charge in [0.05, 0.1) is 17.6 Å². The Morgan fingerprint density at radius 2 is 1.87 bits per heavy atom. The van der Waals surface area contributed by atoms with E-state index in [4.69, 9.17) is 0 Å². The van der Waals surface area contributed by atoms with Gasteiger partial charge in [0.2, 0.25) is 0 Å². The second-order valence-electron chi connectivity index (χ2n) is 4.46. The van der Waals surface area contributed by atoms with Gasteiger partial charge in [0.1, 0.15) is 6.54 Å². The van der Waals surface area contributed by atoms with E-state index < -0.39 is 35.4 Å². The van der Waals surface area contributed by atoms with Crippen LogP contribution < -0.4 is 0 Å². The summed E-state index contributed by atoms with van der Waals surface area (Å²) in [5, 5.41) is -0.640. The Balaban J connectivity index is 2.19. The third kappa shape index (κ3) is 3.92. The van der Waals surface area contributed by atoms with Gasteiger partial charge >= 0.3 is 12.1 Å². The van der Waals surface area contributed by atoms with Crippen LogP contribution in [0.4, 0.5) is 18.0 Å². The summed E-state index contributed by atoms with van der Waals surface area (Å²) >= 11 is 0.607. The van der Waals surface area contributed by atoms with Gasteiger partial charge in [-0.2, -0.15) is 13.2 Å². The standard InChI is InChI=1S/C14H10F3NO4S/c1-22-11(19)7-18-12(20)10(23-13(18)21)6-8-2-4-9(5-3-8)14(15,16)17/h2-6H,7H2,1H3. The predicted octanol–water partition coefficient (Wildman–Crippen LogP) is 2.91. The number of thioether (sulfide) groups is 1. The molecular weight excluding hydrogens is 335 g/mol. The van der Waals surface area contributed by atoms with E-state index in [1.54, 1.807) is 0 Å². The molecule has 0 bridgehead atoms. The molecule has 5 nitrogen and oxygen atoms in total. The Bertz CT molecular complexity index is 682. The minimum atomic E-state index is -4.45. The van der Waals surface area contributed by atoms with Gasteiger partial charge in [-0.25, -0.2) is 0 Å². The number of esters is 1. The van der Waals surface area contributed by atoms with Crippen molar-refractivity contribution in [2.24, 2.45) is 0 Å². The van der Waals surface area contributed by atoms with Gasteiger partial charge in [0, 0.05) is 0 Å². The highest BCUT2D eigenvalue weighted by molar-refractivity contribution is 8.18. The summed E-state index contributed by atoms with van der Waals surface area (Å²) < 4.78 is 41.8. The molecule has 0 unspecified atom stereocenters. The number of hydrogen-bond acceptors (Lipinski definition) is 5. The molecule has 1 aliphatic heterocycles. The summed E-state index contributed by atoms with van der Waals surface area (Å²) in [6.07, 6.45) is -3.15. The zero-order valence-electron chi connectivity index (χ0n) is 11.7. The van der Waals surface area contributed by atoms with Crippen molar-refractivity contribution in [2.75, 3.05) is 13.7 Å². The Morgan fingerprint density at radius 1 is 1.26 bits per heavy atom. The van der Waals surface area contributed by atoms with Crippen LogP contribution in [0.5, 0.6) is 0 Å². The molecule has 0 saturated carbocycles. The number of alkyl halides is 3. The number of halogens is 3. The number of ether oxygens (including phenoxy) is 1. The molecule has 9 heteroatoms. The van der Waals surface area contributed by atoms with Gasteiger partial charge in [0.25, 0.3) is 11.1 Å². The quantitative estimate of drug-likeness (QED) is 0.623. The molecule has 0 aromatic heterocycles. The van der Waals surface area contributed by atoms with Crippen molar-refractivity contribution in [3.8, 4) is 0 Å². The second-order valence-corrected chi connectivity index (χ2v) is 5.46. The molecule has 1 heterocycles. The van der Waals surface area contributed by atoms with E-state index in [0.717, 1.165) is 19.2 Å². The first-order chi connectivity index (χ1) is 10.7. The fraction of sp³-hybridized carbons (Fsp3) is 0.214. The van der Waals surface area contributed by atoms with Gasteiger partial charge in [-0.1, -0.05) is 12.1 Å². The molecule has 1 aliphatic rings. The number of amides is 2. The fourth-order valence-electron chi connectivity index (χ4n) is 1.75. The van der Waals surface area contributed by atoms with E-state index in [0.29, 0.717) is 22.2 Å². The lowest BCUT2D eigenvalue weighted by molar-refractivity contribution is -0.143. The first-order valence-electron chi connectivity index (χ1n) is 6.22. The SMILES string of the molecule is COC(=O)CN1C(=O)SC(=Cc2ccc(C(F)(F)F)cc2)C1=O. The van der Waals surface area contributed by atoms with Crippen LogP contribution in [0, 0.1) is 0 Å². The Morgan fingerprint density at radius 3 is 2.39 bits per heavy atom. The van der Waals surface area contributed by atoms with Crippen LogP contribution in [0.1, 0.15) is 11.1 Å². The number of carbonyl (C=O) groups excluding carboxylic acids is 3. The molecule has 0 radical (unpaired) electrons. The monoisotopic (exact) mass is 345 g/mol. The average Bonchev–Trinajstić information content (AvgIpc) is 2.74. The van der Waals surface area contributed by atoms with Gasteiger partial charge in [0.15, 0.2) is 0 Å². The second kappa shape index (κ2) is 6.45. The lowest BCUT2D eigenvalue weighted by atomic mass is 10.1. The van der Waals surface area contributed by atoms with Gasteiger partial charge in [-0.3, -0.25) is 19.3 Å². The lowest BCUT2D eigenvalue weighted by Gasteiger charge is -2.09. The number of methoxy groups -OCH3 is 1. The van der Waals surface area contributed by atoms with Crippen molar-refractivity contribution in [1.82, 2.24) is 4.90 Å². The first kappa shape index (κ1) is 17.1. The van der Waals surface area contributed by atoms with Crippen molar-refractivity contribution in [1.29, 1.82) is 0 Å². The largest absolute Gasteiger partial charge is 0.468 e. The highest BCUT2D eigenvalue weighted by Gasteiger charge is 2.36. The number of nitrogens with zero attached hydrogens (tertiary/aromatic N) is 1. The van der Waals surface area contributed by atoms with Crippen LogP contribution in [0.3, 0.4) is 0 Å². The van der Waals surface area contributed by atoms with E-state index in [9.17, 15) is 27.6 Å². The molecule has 1 saturated heterocycles. The van der Waals surface area contributed by atoms with Crippen LogP contribution in [0.2, 0.25) is 0 Å². The predicted molar refractivity (Wildman–Crippen MR) is 76.1 cm³/mol. The zero-order valence-corrected chi connectivity index (χ0v) is 12.5. The third-order valence-corrected chi connectivity index (χ3v) is 3.83. The van der Waals surface area contributed by atoms with E-state index in [1.807, 2.05) is 0 Å². The van der Waals surface area contributed by atoms with Crippen molar-refractivity contribution in [3.63, 3.8) is 0 Å². The molecule has 0 atom stereocenters. The minimum Gasteiger partial charge on any atom is -0.468 e. The first-order valence-corrected chi connectivity index (χ1v) is 7.03. The average molecular weight is 345 g/mol. The number of imide groups is 1. The molecule has 2 amide bonds. The number of benzene rings is 1. The summed E-state index contributed by atoms with van der Waals surface area (Å²) in [6, 6.07) is 4.14. The van der Waals surface area contributed by atoms with E-state index in [-0.39, 0.29) is 4.91 Å². The normalized spacial score (nSPS) is 17.0. The fourth-order valence-corrected chi connectivity index (χ4v) is 2.59. The molecule has 122 valence electrons. The summed E-state index contributed by atoms with van der Waals surface area (Å²) in [5.74, 6) is -1.44. The zero-order chi connectivity index (χ0) is 17.2. The van der Waals surface area contributed by atoms with Gasteiger partial charge in [-0.15, -0.1) is 0 Å². The summed E-state index contributed by atoms with van der Waals surface area (Å²) in [4.78, 5) is 35.6. The highest BCUT2D eigenvalue weighted by Crippen LogP contribution is 2.33. The molecule has 1 aromatic carbocycles. The number of rotatable bonds is 3. The smallest absolute Gasteiger partial charge is 0.416 e. The van der Waals surface area contributed by atoms with Crippen LogP contribution >= 0.6 is 11.8 Å². The van der Waals surface area contributed by atoms with E-state index in [2.05, 4.69) is 4.74 Å². The van der Waals surface area contributed by atoms with Crippen LogP contribution in [-0.4, -0.2) is 35.7 Å². The Labute approximate surface area is 133 Å². The van der Waals surface area contributed by atoms with Crippen LogP contribution in [-0.2, 0) is 20.5 Å². The molecule has 23 heavy (non-hydrogen) atoms. The van der Waals surface area contributed by atoms with Crippen LogP contribution in [0.25, 0.3) is 6.08 Å². The Kier molecular flexibility index (Phi) is 4.79. The maximum atomic E-state index is 12.5. The van der Waals surface area contributed by atoms with Gasteiger partial charge in [-0.05, 0) is 35.5 Å². The van der Waals surface area contributed by atoms with E-state index in [1.165, 1.54) is 18.2 Å². The molecule has 0 N–H and O–H groups in total. The summed E-state index contributed by atoms with van der Waals surface area (Å²) in [5.41, 5.74) is -0.477. The lowest BCUT2D eigenvalue weighted by Crippen LogP contribution is -2.34. The van der Waals surface area contributed by atoms with Crippen molar-refractivity contribution < 1.29 is 32.3 Å². The van der Waals surface area contributed by atoms with E-state index >= 15 is 0 Å². The summed E-state index contributed by atoms with van der Waals surface area (Å²) in [7, 11) is 1.12. The maximum Gasteiger partial charge on any atom is 0.416 e. The number of hydrogen-bond donors (Lipinski definition) is 0. The molecule has 1 aromatic rings. The van der Waals surface area contributed by atoms with Crippen molar-refractivity contribution in [3.05, 3.63) is 40.3 Å². The third-order valence-electron chi connectivity index (χ3n) is 2.92. The molecular formula is C14H10F3NO4S. The summed E-state index contributed by atoms with van der Waals surface area (Å²) in [6.45, 7) is -0.508. The molecule has 0 spiro atoms. The molecule has 2 rings (SSSR count).